The number of nitrogens with zero attached hydrogens (tertiary/aromatic N) is 1. The molecule has 1 aromatic carbocycles. The van der Waals surface area contributed by atoms with E-state index in [1.54, 1.807) is 39.9 Å². The minimum Gasteiger partial charge on any atom is -0.341 e. The molecule has 0 aliphatic rings. The lowest BCUT2D eigenvalue weighted by Crippen LogP contribution is -2.28. The molecule has 0 spiro atoms. The Kier molecular flexibility index (Phi) is 9.21. The van der Waals surface area contributed by atoms with Gasteiger partial charge >= 0.3 is 5.97 Å². The third kappa shape index (κ3) is 7.27. The summed E-state index contributed by atoms with van der Waals surface area (Å²) >= 11 is 0. The second kappa shape index (κ2) is 11.7. The zero-order valence-electron chi connectivity index (χ0n) is 15.5. The van der Waals surface area contributed by atoms with Gasteiger partial charge in [0.05, 0.1) is 0 Å². The second-order valence-corrected chi connectivity index (χ2v) is 8.50. The topological polar surface area (TPSA) is 68.3 Å². The lowest BCUT2D eigenvalue weighted by molar-refractivity contribution is -0.149. The molecule has 0 saturated heterocycles. The highest BCUT2D eigenvalue weighted by molar-refractivity contribution is 8.76. The molecule has 27 heavy (non-hydrogen) atoms. The molecule has 2 aromatic rings. The first-order valence-electron chi connectivity index (χ1n) is 8.95. The van der Waals surface area contributed by atoms with Crippen molar-refractivity contribution in [1.29, 1.82) is 0 Å². The van der Waals surface area contributed by atoms with Crippen molar-refractivity contribution in [3.8, 4) is 0 Å². The highest BCUT2D eigenvalue weighted by atomic mass is 33.1. The number of amides is 1. The fourth-order valence-corrected chi connectivity index (χ4v) is 4.48. The van der Waals surface area contributed by atoms with E-state index >= 15 is 0 Å². The molecular formula is C20H24N2O3S2. The summed E-state index contributed by atoms with van der Waals surface area (Å²) in [5, 5.41) is 0.969. The van der Waals surface area contributed by atoms with E-state index in [9.17, 15) is 9.59 Å². The highest BCUT2D eigenvalue weighted by Gasteiger charge is 2.18. The smallest absolute Gasteiger partial charge is 0.332 e. The van der Waals surface area contributed by atoms with Gasteiger partial charge in [-0.2, -0.15) is 5.48 Å². The molecule has 1 amide bonds. The first-order valence-corrected chi connectivity index (χ1v) is 11.2. The summed E-state index contributed by atoms with van der Waals surface area (Å²) in [4.78, 5) is 33.3. The van der Waals surface area contributed by atoms with Crippen LogP contribution < -0.4 is 5.48 Å². The van der Waals surface area contributed by atoms with Crippen LogP contribution in [0.15, 0.2) is 53.7 Å². The maximum Gasteiger partial charge on any atom is 0.332 e. The van der Waals surface area contributed by atoms with Gasteiger partial charge in [0.2, 0.25) is 0 Å². The van der Waals surface area contributed by atoms with E-state index < -0.39 is 11.9 Å². The van der Waals surface area contributed by atoms with E-state index in [1.807, 2.05) is 37.3 Å². The third-order valence-corrected chi connectivity index (χ3v) is 6.52. The molecule has 1 atom stereocenters. The predicted octanol–water partition coefficient (Wildman–Crippen LogP) is 5.35. The first-order chi connectivity index (χ1) is 13.1. The van der Waals surface area contributed by atoms with Crippen molar-refractivity contribution in [1.82, 2.24) is 10.5 Å². The summed E-state index contributed by atoms with van der Waals surface area (Å²) in [5.41, 5.74) is 3.66. The highest BCUT2D eigenvalue weighted by Crippen LogP contribution is 2.42. The van der Waals surface area contributed by atoms with Crippen LogP contribution in [-0.4, -0.2) is 16.9 Å². The second-order valence-electron chi connectivity index (χ2n) is 5.94. The molecule has 0 aliphatic carbocycles. The van der Waals surface area contributed by atoms with Crippen LogP contribution in [0, 0.1) is 0 Å². The normalized spacial score (nSPS) is 11.6. The van der Waals surface area contributed by atoms with Crippen LogP contribution in [0.25, 0.3) is 0 Å². The molecule has 0 aliphatic heterocycles. The molecule has 1 N–H and O–H groups in total. The Labute approximate surface area is 168 Å². The zero-order chi connectivity index (χ0) is 19.5. The SMILES string of the molecule is CCCCCC(=O)ONC(=O)c1ccccc1C(C)SSc1ccccn1. The van der Waals surface area contributed by atoms with E-state index in [4.69, 9.17) is 4.84 Å². The van der Waals surface area contributed by atoms with Crippen molar-refractivity contribution in [2.45, 2.75) is 49.8 Å². The van der Waals surface area contributed by atoms with E-state index in [-0.39, 0.29) is 5.25 Å². The molecule has 0 bridgehead atoms. The molecule has 2 rings (SSSR count). The summed E-state index contributed by atoms with van der Waals surface area (Å²) in [5.74, 6) is -0.827. The lowest BCUT2D eigenvalue weighted by Gasteiger charge is -2.15. The third-order valence-electron chi connectivity index (χ3n) is 3.80. The number of carbonyl (C=O) groups excluding carboxylic acids is 2. The Bertz CT molecular complexity index is 741. The van der Waals surface area contributed by atoms with Crippen molar-refractivity contribution < 1.29 is 14.4 Å². The lowest BCUT2D eigenvalue weighted by atomic mass is 10.0. The van der Waals surface area contributed by atoms with Gasteiger partial charge in [0.15, 0.2) is 0 Å². The standard InChI is InChI=1S/C20H24N2O3S2/c1-3-4-5-13-19(23)25-22-20(24)17-11-7-6-10-16(17)15(2)26-27-18-12-8-9-14-21-18/h6-12,14-15H,3-5,13H2,1-2H3,(H,22,24). The molecule has 1 heterocycles. The first kappa shape index (κ1) is 21.3. The van der Waals surface area contributed by atoms with Crippen LogP contribution in [0.3, 0.4) is 0 Å². The average Bonchev–Trinajstić information content (AvgIpc) is 2.71. The number of benzene rings is 1. The average molecular weight is 405 g/mol. The molecule has 1 unspecified atom stereocenters. The van der Waals surface area contributed by atoms with Crippen molar-refractivity contribution in [2.75, 3.05) is 0 Å². The van der Waals surface area contributed by atoms with Gasteiger partial charge in [0.1, 0.15) is 5.03 Å². The van der Waals surface area contributed by atoms with Crippen molar-refractivity contribution in [3.63, 3.8) is 0 Å². The van der Waals surface area contributed by atoms with Crippen LogP contribution in [-0.2, 0) is 9.63 Å². The Balaban J connectivity index is 1.93. The summed E-state index contributed by atoms with van der Waals surface area (Å²) in [6, 6.07) is 13.1. The van der Waals surface area contributed by atoms with Gasteiger partial charge < -0.3 is 4.84 Å². The molecule has 7 heteroatoms. The minimum atomic E-state index is -0.414. The minimum absolute atomic E-state index is 0.0548. The van der Waals surface area contributed by atoms with Crippen molar-refractivity contribution in [3.05, 3.63) is 59.8 Å². The van der Waals surface area contributed by atoms with E-state index in [0.717, 1.165) is 29.9 Å². The van der Waals surface area contributed by atoms with Crippen molar-refractivity contribution >= 4 is 33.5 Å². The Hall–Kier alpha value is -1.99. The number of rotatable bonds is 9. The quantitative estimate of drug-likeness (QED) is 0.345. The number of carbonyl (C=O) groups is 2. The fraction of sp³-hybridized carbons (Fsp3) is 0.350. The van der Waals surface area contributed by atoms with E-state index in [2.05, 4.69) is 17.4 Å². The molecule has 5 nitrogen and oxygen atoms in total. The summed E-state index contributed by atoms with van der Waals surface area (Å²) < 4.78 is 0. The summed E-state index contributed by atoms with van der Waals surface area (Å²) in [6.45, 7) is 4.10. The number of hydrogen-bond acceptors (Lipinski definition) is 6. The van der Waals surface area contributed by atoms with Gasteiger partial charge in [0, 0.05) is 23.4 Å². The molecule has 0 radical (unpaired) electrons. The van der Waals surface area contributed by atoms with E-state index in [0.29, 0.717) is 12.0 Å². The van der Waals surface area contributed by atoms with Crippen LogP contribution in [0.4, 0.5) is 0 Å². The molecule has 0 saturated carbocycles. The number of hydrogen-bond donors (Lipinski definition) is 1. The van der Waals surface area contributed by atoms with Crippen LogP contribution in [0.5, 0.6) is 0 Å². The molecule has 1 aromatic heterocycles. The monoisotopic (exact) mass is 404 g/mol. The van der Waals surface area contributed by atoms with Crippen LogP contribution >= 0.6 is 21.6 Å². The number of hydroxylamine groups is 1. The van der Waals surface area contributed by atoms with E-state index in [1.165, 1.54) is 0 Å². The zero-order valence-corrected chi connectivity index (χ0v) is 17.1. The summed E-state index contributed by atoms with van der Waals surface area (Å²) in [7, 11) is 3.18. The number of nitrogens with one attached hydrogen (secondary N) is 1. The van der Waals surface area contributed by atoms with Gasteiger partial charge in [-0.15, -0.1) is 0 Å². The van der Waals surface area contributed by atoms with Gasteiger partial charge in [-0.3, -0.25) is 4.79 Å². The molecule has 144 valence electrons. The predicted molar refractivity (Wildman–Crippen MR) is 110 cm³/mol. The molecular weight excluding hydrogens is 380 g/mol. The Morgan fingerprint density at radius 2 is 1.93 bits per heavy atom. The fourth-order valence-electron chi connectivity index (χ4n) is 2.36. The largest absolute Gasteiger partial charge is 0.341 e. The Morgan fingerprint density at radius 3 is 2.67 bits per heavy atom. The van der Waals surface area contributed by atoms with Gasteiger partial charge in [0.25, 0.3) is 5.91 Å². The van der Waals surface area contributed by atoms with Gasteiger partial charge in [-0.1, -0.05) is 54.8 Å². The maximum absolute atomic E-state index is 12.5. The number of pyridine rings is 1. The van der Waals surface area contributed by atoms with Crippen molar-refractivity contribution in [2.24, 2.45) is 0 Å². The van der Waals surface area contributed by atoms with Gasteiger partial charge in [-0.25, -0.2) is 9.78 Å². The summed E-state index contributed by atoms with van der Waals surface area (Å²) in [6.07, 6.45) is 4.82. The number of unbranched alkanes of at least 4 members (excludes halogenated alkanes) is 2. The number of aromatic nitrogens is 1. The van der Waals surface area contributed by atoms with Crippen LogP contribution in [0.1, 0.15) is 60.7 Å². The maximum atomic E-state index is 12.5. The van der Waals surface area contributed by atoms with Gasteiger partial charge in [-0.05, 0) is 47.9 Å². The Morgan fingerprint density at radius 1 is 1.15 bits per heavy atom. The molecule has 0 fully saturated rings. The van der Waals surface area contributed by atoms with Crippen LogP contribution in [0.2, 0.25) is 0 Å².